The van der Waals surface area contributed by atoms with Crippen LogP contribution < -0.4 is 14.2 Å². The van der Waals surface area contributed by atoms with Gasteiger partial charge in [-0.25, -0.2) is 4.99 Å². The molecule has 6 atom stereocenters. The molecule has 6 aliphatic rings. The van der Waals surface area contributed by atoms with Crippen molar-refractivity contribution in [2.45, 2.75) is 37.3 Å². The van der Waals surface area contributed by atoms with Crippen LogP contribution in [0.4, 0.5) is 5.69 Å². The number of allylic oxidation sites excluding steroid dienone is 1. The molecule has 1 aromatic rings. The molecule has 0 saturated carbocycles. The molecular weight excluding hydrogens is 356 g/mol. The maximum absolute atomic E-state index is 6.42. The van der Waals surface area contributed by atoms with Crippen molar-refractivity contribution in [1.29, 1.82) is 0 Å². The lowest BCUT2D eigenvalue weighted by atomic mass is 9.68. The molecule has 0 aromatic heterocycles. The maximum atomic E-state index is 6.42. The Hall–Kier alpha value is -2.21. The molecule has 0 amide bonds. The van der Waals surface area contributed by atoms with Gasteiger partial charge in [0.1, 0.15) is 5.69 Å². The average Bonchev–Trinajstić information content (AvgIpc) is 3.08. The summed E-state index contributed by atoms with van der Waals surface area (Å²) < 4.78 is 23.4. The summed E-state index contributed by atoms with van der Waals surface area (Å²) in [6.45, 7) is 4.01. The molecule has 6 heteroatoms. The number of piperidine rings is 3. The van der Waals surface area contributed by atoms with Crippen molar-refractivity contribution in [3.8, 4) is 17.2 Å². The number of fused-ring (bicyclic) bond motifs is 2. The molecule has 6 nitrogen and oxygen atoms in total. The topological polar surface area (TPSA) is 52.5 Å². The zero-order chi connectivity index (χ0) is 19.2. The molecule has 6 aliphatic heterocycles. The van der Waals surface area contributed by atoms with E-state index in [4.69, 9.17) is 23.9 Å². The minimum atomic E-state index is -0.199. The van der Waals surface area contributed by atoms with Crippen LogP contribution in [-0.4, -0.2) is 57.4 Å². The van der Waals surface area contributed by atoms with E-state index in [1.54, 1.807) is 26.9 Å². The van der Waals surface area contributed by atoms with E-state index >= 15 is 0 Å². The summed E-state index contributed by atoms with van der Waals surface area (Å²) in [5.41, 5.74) is 3.42. The zero-order valence-electron chi connectivity index (χ0n) is 16.8. The summed E-state index contributed by atoms with van der Waals surface area (Å²) in [5, 5.41) is 0. The van der Waals surface area contributed by atoms with E-state index in [1.165, 1.54) is 12.0 Å². The minimum Gasteiger partial charge on any atom is -0.493 e. The average molecular weight is 382 g/mol. The first kappa shape index (κ1) is 16.7. The summed E-state index contributed by atoms with van der Waals surface area (Å²) >= 11 is 0. The SMILES string of the molecule is C/C=C1/CN2[C@H]3C[C@@H]1C1COC4=Nc5c(cc(OC)c(OC)c5OC)[C@]43C[C@@H]12. The second-order valence-electron chi connectivity index (χ2n) is 8.57. The highest BCUT2D eigenvalue weighted by Gasteiger charge is 2.69. The van der Waals surface area contributed by atoms with Crippen LogP contribution >= 0.6 is 0 Å². The molecule has 0 N–H and O–H groups in total. The summed E-state index contributed by atoms with van der Waals surface area (Å²) in [4.78, 5) is 7.72. The number of hydrogen-bond acceptors (Lipinski definition) is 6. The third kappa shape index (κ3) is 1.68. The molecule has 28 heavy (non-hydrogen) atoms. The fourth-order valence-electron chi connectivity index (χ4n) is 6.79. The van der Waals surface area contributed by atoms with Gasteiger partial charge < -0.3 is 18.9 Å². The number of rotatable bonds is 3. The van der Waals surface area contributed by atoms with Crippen LogP contribution in [0.25, 0.3) is 0 Å². The van der Waals surface area contributed by atoms with E-state index in [9.17, 15) is 0 Å². The normalized spacial score (nSPS) is 39.9. The molecule has 6 heterocycles. The first-order valence-corrected chi connectivity index (χ1v) is 10.1. The molecule has 148 valence electrons. The first-order chi connectivity index (χ1) is 13.7. The molecule has 1 aromatic carbocycles. The van der Waals surface area contributed by atoms with Gasteiger partial charge >= 0.3 is 0 Å². The van der Waals surface area contributed by atoms with Crippen LogP contribution in [0.5, 0.6) is 17.2 Å². The Kier molecular flexibility index (Phi) is 3.25. The minimum absolute atomic E-state index is 0.199. The Morgan fingerprint density at radius 1 is 1.21 bits per heavy atom. The fourth-order valence-corrected chi connectivity index (χ4v) is 6.79. The van der Waals surface area contributed by atoms with E-state index in [2.05, 4.69) is 24.0 Å². The second-order valence-corrected chi connectivity index (χ2v) is 8.57. The van der Waals surface area contributed by atoms with Crippen LogP contribution in [0.2, 0.25) is 0 Å². The van der Waals surface area contributed by atoms with Crippen molar-refractivity contribution in [2.75, 3.05) is 34.5 Å². The van der Waals surface area contributed by atoms with E-state index in [-0.39, 0.29) is 5.41 Å². The number of aliphatic imine (C=N–C) groups is 1. The largest absolute Gasteiger partial charge is 0.493 e. The number of hydrogen-bond donors (Lipinski definition) is 0. The molecule has 7 rings (SSSR count). The van der Waals surface area contributed by atoms with Crippen molar-refractivity contribution < 1.29 is 18.9 Å². The summed E-state index contributed by atoms with van der Waals surface area (Å²) in [7, 11) is 4.98. The Bertz CT molecular complexity index is 939. The van der Waals surface area contributed by atoms with Crippen molar-refractivity contribution in [3.63, 3.8) is 0 Å². The quantitative estimate of drug-likeness (QED) is 0.752. The van der Waals surface area contributed by atoms with Crippen molar-refractivity contribution in [1.82, 2.24) is 4.90 Å². The molecule has 5 fully saturated rings. The highest BCUT2D eigenvalue weighted by Crippen LogP contribution is 2.65. The predicted molar refractivity (Wildman–Crippen MR) is 105 cm³/mol. The van der Waals surface area contributed by atoms with Gasteiger partial charge in [0.25, 0.3) is 0 Å². The van der Waals surface area contributed by atoms with Crippen molar-refractivity contribution >= 4 is 11.6 Å². The molecule has 5 saturated heterocycles. The number of nitrogens with zero attached hydrogens (tertiary/aromatic N) is 2. The highest BCUT2D eigenvalue weighted by molar-refractivity contribution is 6.00. The molecule has 5 bridgehead atoms. The Labute approximate surface area is 165 Å². The molecule has 2 unspecified atom stereocenters. The van der Waals surface area contributed by atoms with Gasteiger partial charge in [-0.05, 0) is 31.7 Å². The van der Waals surface area contributed by atoms with Gasteiger partial charge in [0.15, 0.2) is 11.5 Å². The van der Waals surface area contributed by atoms with Gasteiger partial charge in [-0.2, -0.15) is 0 Å². The van der Waals surface area contributed by atoms with Crippen molar-refractivity contribution in [2.24, 2.45) is 16.8 Å². The van der Waals surface area contributed by atoms with Crippen LogP contribution in [-0.2, 0) is 10.2 Å². The Morgan fingerprint density at radius 3 is 2.75 bits per heavy atom. The number of benzene rings is 1. The maximum Gasteiger partial charge on any atom is 0.205 e. The van der Waals surface area contributed by atoms with Crippen LogP contribution in [0.15, 0.2) is 22.7 Å². The Morgan fingerprint density at radius 2 is 2.04 bits per heavy atom. The van der Waals surface area contributed by atoms with E-state index in [1.807, 2.05) is 0 Å². The van der Waals surface area contributed by atoms with Gasteiger partial charge in [-0.3, -0.25) is 4.90 Å². The standard InChI is InChI=1S/C22H26N2O4/c1-5-11-9-24-15-8-22-14-7-16(25-2)19(26-3)20(27-4)18(14)23-21(22)28-10-13(15)12(11)6-17(22)24/h5,7,12-13,15,17H,6,8-10H2,1-4H3/b11-5-/t12-,13?,15-,17-,22-/m0/s1. The van der Waals surface area contributed by atoms with E-state index in [0.717, 1.165) is 31.2 Å². The second kappa shape index (κ2) is 5.44. The van der Waals surface area contributed by atoms with E-state index in [0.29, 0.717) is 41.2 Å². The molecular formula is C22H26N2O4. The lowest BCUT2D eigenvalue weighted by Gasteiger charge is -2.54. The van der Waals surface area contributed by atoms with Gasteiger partial charge in [0, 0.05) is 30.1 Å². The summed E-state index contributed by atoms with van der Waals surface area (Å²) in [5.74, 6) is 4.01. The van der Waals surface area contributed by atoms with E-state index < -0.39 is 0 Å². The third-order valence-corrected chi connectivity index (χ3v) is 7.92. The zero-order valence-corrected chi connectivity index (χ0v) is 16.8. The number of methoxy groups -OCH3 is 3. The van der Waals surface area contributed by atoms with Gasteiger partial charge in [-0.15, -0.1) is 0 Å². The van der Waals surface area contributed by atoms with Crippen LogP contribution in [0.1, 0.15) is 25.3 Å². The first-order valence-electron chi connectivity index (χ1n) is 10.1. The fraction of sp³-hybridized carbons (Fsp3) is 0.591. The predicted octanol–water partition coefficient (Wildman–Crippen LogP) is 3.06. The molecule has 1 spiro atoms. The van der Waals surface area contributed by atoms with Gasteiger partial charge in [-0.1, -0.05) is 11.6 Å². The monoisotopic (exact) mass is 382 g/mol. The van der Waals surface area contributed by atoms with Crippen molar-refractivity contribution in [3.05, 3.63) is 23.3 Å². The molecule has 0 aliphatic carbocycles. The Balaban J connectivity index is 1.59. The third-order valence-electron chi connectivity index (χ3n) is 7.92. The summed E-state index contributed by atoms with van der Waals surface area (Å²) in [6, 6.07) is 3.10. The van der Waals surface area contributed by atoms with Crippen LogP contribution in [0, 0.1) is 11.8 Å². The van der Waals surface area contributed by atoms with Gasteiger partial charge in [0.2, 0.25) is 11.6 Å². The number of ether oxygens (including phenoxy) is 4. The lowest BCUT2D eigenvalue weighted by molar-refractivity contribution is -0.0150. The van der Waals surface area contributed by atoms with Gasteiger partial charge in [0.05, 0.1) is 33.4 Å². The lowest BCUT2D eigenvalue weighted by Crippen LogP contribution is -2.61. The summed E-state index contributed by atoms with van der Waals surface area (Å²) in [6.07, 6.45) is 4.57. The molecule has 0 radical (unpaired) electrons. The highest BCUT2D eigenvalue weighted by atomic mass is 16.5. The smallest absolute Gasteiger partial charge is 0.205 e. The van der Waals surface area contributed by atoms with Crippen LogP contribution in [0.3, 0.4) is 0 Å².